The first-order chi connectivity index (χ1) is 6.82. The average Bonchev–Trinajstić information content (AvgIpc) is 2.05. The number of halogens is 4. The van der Waals surface area contributed by atoms with Crippen molar-refractivity contribution in [1.29, 1.82) is 0 Å². The molecule has 0 amide bonds. The van der Waals surface area contributed by atoms with Crippen LogP contribution in [0.15, 0.2) is 18.2 Å². The maximum atomic E-state index is 12.4. The lowest BCUT2D eigenvalue weighted by Gasteiger charge is -2.11. The minimum Gasteiger partial charge on any atom is -0.300 e. The molecule has 0 bridgehead atoms. The van der Waals surface area contributed by atoms with E-state index in [1.54, 1.807) is 0 Å². The molecule has 0 fully saturated rings. The predicted molar refractivity (Wildman–Crippen MR) is 50.8 cm³/mol. The van der Waals surface area contributed by atoms with Crippen molar-refractivity contribution >= 4 is 17.4 Å². The van der Waals surface area contributed by atoms with E-state index in [9.17, 15) is 18.0 Å². The summed E-state index contributed by atoms with van der Waals surface area (Å²) < 4.78 is 37.2. The Morgan fingerprint density at radius 3 is 2.47 bits per heavy atom. The van der Waals surface area contributed by atoms with Gasteiger partial charge in [0.15, 0.2) is 0 Å². The lowest BCUT2D eigenvalue weighted by atomic mass is 10.1. The number of carbonyl (C=O) groups excluding carboxylic acids is 1. The van der Waals surface area contributed by atoms with Crippen molar-refractivity contribution in [3.63, 3.8) is 0 Å². The fraction of sp³-hybridized carbons (Fsp3) is 0.300. The second-order valence-corrected chi connectivity index (χ2v) is 3.53. The van der Waals surface area contributed by atoms with Crippen molar-refractivity contribution < 1.29 is 18.0 Å². The number of alkyl halides is 3. The van der Waals surface area contributed by atoms with Crippen LogP contribution in [0.1, 0.15) is 18.1 Å². The summed E-state index contributed by atoms with van der Waals surface area (Å²) in [5.74, 6) is -0.226. The van der Waals surface area contributed by atoms with Crippen LogP contribution < -0.4 is 0 Å². The number of benzene rings is 1. The van der Waals surface area contributed by atoms with Gasteiger partial charge in [0.2, 0.25) is 0 Å². The van der Waals surface area contributed by atoms with Gasteiger partial charge >= 0.3 is 6.18 Å². The molecule has 0 radical (unpaired) electrons. The lowest BCUT2D eigenvalue weighted by Crippen LogP contribution is -2.08. The minimum absolute atomic E-state index is 0.0806. The van der Waals surface area contributed by atoms with Crippen LogP contribution in [0, 0.1) is 0 Å². The molecule has 0 heterocycles. The van der Waals surface area contributed by atoms with E-state index in [1.807, 2.05) is 0 Å². The molecule has 15 heavy (non-hydrogen) atoms. The van der Waals surface area contributed by atoms with Crippen molar-refractivity contribution in [2.24, 2.45) is 0 Å². The van der Waals surface area contributed by atoms with Gasteiger partial charge in [-0.2, -0.15) is 13.2 Å². The number of hydrogen-bond donors (Lipinski definition) is 0. The standard InChI is InChI=1S/C10H8ClF3O/c1-6(15)5-7-3-2-4-8(9(7)11)10(12,13)14/h2-4H,5H2,1H3. The minimum atomic E-state index is -4.48. The number of Topliss-reactive ketones (excluding diaryl/α,β-unsaturated/α-hetero) is 1. The molecule has 0 aliphatic heterocycles. The summed E-state index contributed by atoms with van der Waals surface area (Å²) in [6, 6.07) is 3.55. The van der Waals surface area contributed by atoms with Crippen molar-refractivity contribution in [1.82, 2.24) is 0 Å². The maximum Gasteiger partial charge on any atom is 0.417 e. The molecule has 82 valence electrons. The van der Waals surface area contributed by atoms with E-state index in [0.717, 1.165) is 6.07 Å². The van der Waals surface area contributed by atoms with Crippen LogP contribution in [-0.2, 0) is 17.4 Å². The summed E-state index contributed by atoms with van der Waals surface area (Å²) in [5, 5.41) is -0.389. The Labute approximate surface area is 89.9 Å². The third-order valence-corrected chi connectivity index (χ3v) is 2.27. The van der Waals surface area contributed by atoms with E-state index in [2.05, 4.69) is 0 Å². The highest BCUT2D eigenvalue weighted by molar-refractivity contribution is 6.32. The zero-order valence-corrected chi connectivity index (χ0v) is 8.62. The third kappa shape index (κ3) is 2.96. The Morgan fingerprint density at radius 2 is 2.00 bits per heavy atom. The zero-order chi connectivity index (χ0) is 11.6. The molecule has 0 atom stereocenters. The third-order valence-electron chi connectivity index (χ3n) is 1.82. The molecule has 1 rings (SSSR count). The largest absolute Gasteiger partial charge is 0.417 e. The van der Waals surface area contributed by atoms with Crippen molar-refractivity contribution in [2.45, 2.75) is 19.5 Å². The molecule has 0 aliphatic rings. The van der Waals surface area contributed by atoms with Gasteiger partial charge in [-0.05, 0) is 18.6 Å². The van der Waals surface area contributed by atoms with Crippen molar-refractivity contribution in [3.8, 4) is 0 Å². The molecule has 0 saturated carbocycles. The van der Waals surface area contributed by atoms with Crippen LogP contribution in [0.4, 0.5) is 13.2 Å². The summed E-state index contributed by atoms with van der Waals surface area (Å²) >= 11 is 5.57. The van der Waals surface area contributed by atoms with Crippen LogP contribution in [0.2, 0.25) is 5.02 Å². The molecule has 0 spiro atoms. The van der Waals surface area contributed by atoms with E-state index in [1.165, 1.54) is 19.1 Å². The van der Waals surface area contributed by atoms with Gasteiger partial charge in [-0.1, -0.05) is 23.7 Å². The first-order valence-electron chi connectivity index (χ1n) is 4.16. The van der Waals surface area contributed by atoms with Gasteiger partial charge in [0.25, 0.3) is 0 Å². The first kappa shape index (κ1) is 12.0. The van der Waals surface area contributed by atoms with E-state index in [-0.39, 0.29) is 22.8 Å². The van der Waals surface area contributed by atoms with E-state index >= 15 is 0 Å². The molecule has 1 nitrogen and oxygen atoms in total. The summed E-state index contributed by atoms with van der Waals surface area (Å²) in [5.41, 5.74) is -0.693. The quantitative estimate of drug-likeness (QED) is 0.768. The Balaban J connectivity index is 3.17. The monoisotopic (exact) mass is 236 g/mol. The second-order valence-electron chi connectivity index (χ2n) is 3.16. The summed E-state index contributed by atoms with van der Waals surface area (Å²) in [4.78, 5) is 10.8. The lowest BCUT2D eigenvalue weighted by molar-refractivity contribution is -0.137. The maximum absolute atomic E-state index is 12.4. The smallest absolute Gasteiger partial charge is 0.300 e. The molecule has 0 aromatic heterocycles. The zero-order valence-electron chi connectivity index (χ0n) is 7.86. The van der Waals surface area contributed by atoms with Crippen LogP contribution in [0.3, 0.4) is 0 Å². The topological polar surface area (TPSA) is 17.1 Å². The SMILES string of the molecule is CC(=O)Cc1cccc(C(F)(F)F)c1Cl. The van der Waals surface area contributed by atoms with E-state index in [4.69, 9.17) is 11.6 Å². The predicted octanol–water partition coefficient (Wildman–Crippen LogP) is 3.49. The molecule has 0 N–H and O–H groups in total. The molecule has 5 heteroatoms. The summed E-state index contributed by atoms with van der Waals surface area (Å²) in [6.45, 7) is 1.30. The molecule has 0 saturated heterocycles. The van der Waals surface area contributed by atoms with Gasteiger partial charge in [0.1, 0.15) is 5.78 Å². The highest BCUT2D eigenvalue weighted by Crippen LogP contribution is 2.36. The van der Waals surface area contributed by atoms with Crippen molar-refractivity contribution in [3.05, 3.63) is 34.3 Å². The van der Waals surface area contributed by atoms with Gasteiger partial charge in [-0.25, -0.2) is 0 Å². The number of ketones is 1. The molecule has 1 aromatic carbocycles. The normalized spacial score (nSPS) is 11.5. The number of carbonyl (C=O) groups is 1. The van der Waals surface area contributed by atoms with Crippen molar-refractivity contribution in [2.75, 3.05) is 0 Å². The highest BCUT2D eigenvalue weighted by atomic mass is 35.5. The Hall–Kier alpha value is -1.03. The highest BCUT2D eigenvalue weighted by Gasteiger charge is 2.33. The summed E-state index contributed by atoms with van der Waals surface area (Å²) in [7, 11) is 0. The van der Waals surface area contributed by atoms with Crippen LogP contribution >= 0.6 is 11.6 Å². The average molecular weight is 237 g/mol. The number of rotatable bonds is 2. The van der Waals surface area contributed by atoms with Gasteiger partial charge in [-0.3, -0.25) is 4.79 Å². The Morgan fingerprint density at radius 1 is 1.40 bits per heavy atom. The van der Waals surface area contributed by atoms with E-state index in [0.29, 0.717) is 0 Å². The Kier molecular flexibility index (Phi) is 3.39. The Bertz CT molecular complexity index is 385. The van der Waals surface area contributed by atoms with Crippen LogP contribution in [0.5, 0.6) is 0 Å². The molecular weight excluding hydrogens is 229 g/mol. The fourth-order valence-electron chi connectivity index (χ4n) is 1.20. The fourth-order valence-corrected chi connectivity index (χ4v) is 1.50. The van der Waals surface area contributed by atoms with Crippen LogP contribution in [-0.4, -0.2) is 5.78 Å². The van der Waals surface area contributed by atoms with Crippen LogP contribution in [0.25, 0.3) is 0 Å². The van der Waals surface area contributed by atoms with E-state index < -0.39 is 11.7 Å². The van der Waals surface area contributed by atoms with Gasteiger partial charge in [0, 0.05) is 6.42 Å². The first-order valence-corrected chi connectivity index (χ1v) is 4.54. The van der Waals surface area contributed by atoms with Gasteiger partial charge in [-0.15, -0.1) is 0 Å². The summed E-state index contributed by atoms with van der Waals surface area (Å²) in [6.07, 6.45) is -4.56. The second kappa shape index (κ2) is 4.23. The van der Waals surface area contributed by atoms with Gasteiger partial charge in [0.05, 0.1) is 10.6 Å². The molecule has 0 unspecified atom stereocenters. The number of hydrogen-bond acceptors (Lipinski definition) is 1. The molecule has 0 aliphatic carbocycles. The molecular formula is C10H8ClF3O. The molecule has 1 aromatic rings. The van der Waals surface area contributed by atoms with Gasteiger partial charge < -0.3 is 0 Å².